The number of aromatic nitrogens is 2. The second-order valence-corrected chi connectivity index (χ2v) is 5.01. The zero-order valence-corrected chi connectivity index (χ0v) is 12.2. The molecule has 1 heterocycles. The number of hydrogen-bond donors (Lipinski definition) is 0. The van der Waals surface area contributed by atoms with Gasteiger partial charge in [0.05, 0.1) is 29.0 Å². The van der Waals surface area contributed by atoms with Gasteiger partial charge in [-0.1, -0.05) is 18.7 Å². The summed E-state index contributed by atoms with van der Waals surface area (Å²) in [5, 5.41) is 9.17. The first-order chi connectivity index (χ1) is 10.6. The van der Waals surface area contributed by atoms with Crippen LogP contribution in [0.5, 0.6) is 0 Å². The van der Waals surface area contributed by atoms with Crippen molar-refractivity contribution in [2.24, 2.45) is 0 Å². The molecule has 0 unspecified atom stereocenters. The first-order valence-electron chi connectivity index (χ1n) is 6.98. The third-order valence-corrected chi connectivity index (χ3v) is 3.74. The average Bonchev–Trinajstić information content (AvgIpc) is 2.96. The van der Waals surface area contributed by atoms with E-state index in [0.29, 0.717) is 11.1 Å². The fourth-order valence-electron chi connectivity index (χ4n) is 2.53. The molecule has 22 heavy (non-hydrogen) atoms. The van der Waals surface area contributed by atoms with Crippen LogP contribution < -0.4 is 0 Å². The lowest BCUT2D eigenvalue weighted by Crippen LogP contribution is -1.93. The van der Waals surface area contributed by atoms with Crippen LogP contribution in [0.1, 0.15) is 23.6 Å². The van der Waals surface area contributed by atoms with E-state index in [1.807, 2.05) is 24.3 Å². The van der Waals surface area contributed by atoms with Crippen LogP contribution in [0.4, 0.5) is 4.39 Å². The summed E-state index contributed by atoms with van der Waals surface area (Å²) in [6.45, 7) is 6.97. The third kappa shape index (κ3) is 2.27. The Kier molecular flexibility index (Phi) is 3.48. The van der Waals surface area contributed by atoms with Gasteiger partial charge < -0.3 is 4.57 Å². The maximum Gasteiger partial charge on any atom is 0.124 e. The van der Waals surface area contributed by atoms with Gasteiger partial charge >= 0.3 is 0 Å². The molecule has 0 aliphatic rings. The molecule has 0 saturated carbocycles. The summed E-state index contributed by atoms with van der Waals surface area (Å²) in [6.07, 6.45) is 1.80. The lowest BCUT2D eigenvalue weighted by atomic mass is 9.95. The standard InChI is InChI=1S/C18H14FN3/c1-3-22-11-21-17-9-13(4-7-18(17)22)12(2)16-6-5-15(19)8-14(16)10-20/h4-9,11H,2-3H2,1H3. The van der Waals surface area contributed by atoms with Gasteiger partial charge in [0.2, 0.25) is 0 Å². The summed E-state index contributed by atoms with van der Waals surface area (Å²) in [5.74, 6) is -0.426. The van der Waals surface area contributed by atoms with Gasteiger partial charge in [0.15, 0.2) is 0 Å². The van der Waals surface area contributed by atoms with Gasteiger partial charge in [0.1, 0.15) is 5.82 Å². The van der Waals surface area contributed by atoms with Crippen LogP contribution in [0, 0.1) is 17.1 Å². The minimum Gasteiger partial charge on any atom is -0.331 e. The zero-order chi connectivity index (χ0) is 15.7. The van der Waals surface area contributed by atoms with E-state index in [1.165, 1.54) is 12.1 Å². The molecule has 0 saturated heterocycles. The molecule has 1 aromatic heterocycles. The molecule has 0 bridgehead atoms. The van der Waals surface area contributed by atoms with Gasteiger partial charge in [0.25, 0.3) is 0 Å². The van der Waals surface area contributed by atoms with Crippen molar-refractivity contribution in [1.29, 1.82) is 5.26 Å². The molecule has 0 aliphatic heterocycles. The van der Waals surface area contributed by atoms with Crippen molar-refractivity contribution in [1.82, 2.24) is 9.55 Å². The van der Waals surface area contributed by atoms with E-state index < -0.39 is 5.82 Å². The van der Waals surface area contributed by atoms with E-state index in [0.717, 1.165) is 23.1 Å². The predicted octanol–water partition coefficient (Wildman–Crippen LogP) is 4.13. The molecule has 0 atom stereocenters. The van der Waals surface area contributed by atoms with Crippen LogP contribution in [-0.4, -0.2) is 9.55 Å². The molecule has 0 spiro atoms. The molecule has 0 aliphatic carbocycles. The topological polar surface area (TPSA) is 41.6 Å². The Morgan fingerprint density at radius 3 is 2.86 bits per heavy atom. The smallest absolute Gasteiger partial charge is 0.124 e. The Hall–Kier alpha value is -2.93. The predicted molar refractivity (Wildman–Crippen MR) is 84.7 cm³/mol. The number of nitriles is 1. The third-order valence-electron chi connectivity index (χ3n) is 3.74. The molecule has 4 heteroatoms. The monoisotopic (exact) mass is 291 g/mol. The summed E-state index contributed by atoms with van der Waals surface area (Å²) in [4.78, 5) is 4.38. The van der Waals surface area contributed by atoms with E-state index in [9.17, 15) is 9.65 Å². The summed E-state index contributed by atoms with van der Waals surface area (Å²) in [5.41, 5.74) is 4.41. The van der Waals surface area contributed by atoms with E-state index in [2.05, 4.69) is 23.1 Å². The SMILES string of the molecule is C=C(c1ccc2c(c1)ncn2CC)c1ccc(F)cc1C#N. The van der Waals surface area contributed by atoms with Crippen LogP contribution in [0.15, 0.2) is 49.3 Å². The van der Waals surface area contributed by atoms with Gasteiger partial charge in [-0.25, -0.2) is 9.37 Å². The highest BCUT2D eigenvalue weighted by atomic mass is 19.1. The first kappa shape index (κ1) is 14.0. The fraction of sp³-hybridized carbons (Fsp3) is 0.111. The largest absolute Gasteiger partial charge is 0.331 e. The maximum absolute atomic E-state index is 13.3. The Morgan fingerprint density at radius 2 is 2.14 bits per heavy atom. The van der Waals surface area contributed by atoms with Gasteiger partial charge in [-0.05, 0) is 47.9 Å². The van der Waals surface area contributed by atoms with Crippen molar-refractivity contribution >= 4 is 16.6 Å². The average molecular weight is 291 g/mol. The molecular weight excluding hydrogens is 277 g/mol. The van der Waals surface area contributed by atoms with Crippen molar-refractivity contribution in [3.05, 3.63) is 71.8 Å². The van der Waals surface area contributed by atoms with Crippen LogP contribution in [-0.2, 0) is 6.54 Å². The van der Waals surface area contributed by atoms with Gasteiger partial charge in [0, 0.05) is 6.54 Å². The Labute approximate surface area is 128 Å². The molecule has 3 rings (SSSR count). The Balaban J connectivity index is 2.08. The number of benzene rings is 2. The lowest BCUT2D eigenvalue weighted by molar-refractivity contribution is 0.627. The quantitative estimate of drug-likeness (QED) is 0.728. The second-order valence-electron chi connectivity index (χ2n) is 5.01. The van der Waals surface area contributed by atoms with Crippen molar-refractivity contribution in [2.45, 2.75) is 13.5 Å². The van der Waals surface area contributed by atoms with E-state index in [1.54, 1.807) is 12.4 Å². The number of aryl methyl sites for hydroxylation is 1. The highest BCUT2D eigenvalue weighted by Crippen LogP contribution is 2.27. The lowest BCUT2D eigenvalue weighted by Gasteiger charge is -2.09. The molecule has 2 aromatic carbocycles. The number of rotatable bonds is 3. The normalized spacial score (nSPS) is 10.6. The number of nitrogens with zero attached hydrogens (tertiary/aromatic N) is 3. The summed E-state index contributed by atoms with van der Waals surface area (Å²) < 4.78 is 15.3. The van der Waals surface area contributed by atoms with Crippen LogP contribution >= 0.6 is 0 Å². The molecular formula is C18H14FN3. The minimum atomic E-state index is -0.426. The van der Waals surface area contributed by atoms with Crippen LogP contribution in [0.25, 0.3) is 16.6 Å². The van der Waals surface area contributed by atoms with E-state index >= 15 is 0 Å². The summed E-state index contributed by atoms with van der Waals surface area (Å²) >= 11 is 0. The second kappa shape index (κ2) is 5.45. The van der Waals surface area contributed by atoms with Gasteiger partial charge in [-0.2, -0.15) is 5.26 Å². The van der Waals surface area contributed by atoms with Crippen LogP contribution in [0.2, 0.25) is 0 Å². The maximum atomic E-state index is 13.3. The van der Waals surface area contributed by atoms with Crippen molar-refractivity contribution < 1.29 is 4.39 Å². The summed E-state index contributed by atoms with van der Waals surface area (Å²) in [6, 6.07) is 12.0. The van der Waals surface area contributed by atoms with Crippen LogP contribution in [0.3, 0.4) is 0 Å². The molecule has 3 nitrogen and oxygen atoms in total. The van der Waals surface area contributed by atoms with Gasteiger partial charge in [-0.15, -0.1) is 0 Å². The Morgan fingerprint density at radius 1 is 1.32 bits per heavy atom. The van der Waals surface area contributed by atoms with Crippen molar-refractivity contribution in [2.75, 3.05) is 0 Å². The van der Waals surface area contributed by atoms with Gasteiger partial charge in [-0.3, -0.25) is 0 Å². The zero-order valence-electron chi connectivity index (χ0n) is 12.2. The minimum absolute atomic E-state index is 0.282. The number of halogens is 1. The number of hydrogen-bond acceptors (Lipinski definition) is 2. The molecule has 0 amide bonds. The van der Waals surface area contributed by atoms with Crippen molar-refractivity contribution in [3.8, 4) is 6.07 Å². The highest BCUT2D eigenvalue weighted by molar-refractivity contribution is 5.86. The number of imidazole rings is 1. The molecule has 108 valence electrons. The van der Waals surface area contributed by atoms with E-state index in [4.69, 9.17) is 0 Å². The highest BCUT2D eigenvalue weighted by Gasteiger charge is 2.11. The molecule has 0 fully saturated rings. The summed E-state index contributed by atoms with van der Waals surface area (Å²) in [7, 11) is 0. The number of fused-ring (bicyclic) bond motifs is 1. The molecule has 0 N–H and O–H groups in total. The molecule has 3 aromatic rings. The Bertz CT molecular complexity index is 916. The first-order valence-corrected chi connectivity index (χ1v) is 6.98. The van der Waals surface area contributed by atoms with E-state index in [-0.39, 0.29) is 5.56 Å². The molecule has 0 radical (unpaired) electrons. The fourth-order valence-corrected chi connectivity index (χ4v) is 2.53. The van der Waals surface area contributed by atoms with Crippen molar-refractivity contribution in [3.63, 3.8) is 0 Å².